The van der Waals surface area contributed by atoms with Gasteiger partial charge in [-0.05, 0) is 35.2 Å². The van der Waals surface area contributed by atoms with Crippen LogP contribution in [-0.4, -0.2) is 40.4 Å². The van der Waals surface area contributed by atoms with Crippen LogP contribution in [0.15, 0.2) is 72.8 Å². The van der Waals surface area contributed by atoms with Crippen molar-refractivity contribution in [2.24, 2.45) is 5.90 Å². The molecule has 0 bridgehead atoms. The predicted octanol–water partition coefficient (Wildman–Crippen LogP) is 3.33. The summed E-state index contributed by atoms with van der Waals surface area (Å²) >= 11 is 0. The molecule has 9 nitrogen and oxygen atoms in total. The fourth-order valence-corrected chi connectivity index (χ4v) is 3.88. The Labute approximate surface area is 208 Å². The van der Waals surface area contributed by atoms with Crippen LogP contribution in [0.1, 0.15) is 30.9 Å². The number of aryl methyl sites for hydroxylation is 1. The number of nitrogens with one attached hydrogen (secondary N) is 1. The molecule has 0 aliphatic heterocycles. The minimum atomic E-state index is -2.17. The van der Waals surface area contributed by atoms with Crippen LogP contribution >= 0.6 is 0 Å². The van der Waals surface area contributed by atoms with Crippen molar-refractivity contribution < 1.29 is 33.9 Å². The smallest absolute Gasteiger partial charge is 0.408 e. The van der Waals surface area contributed by atoms with Gasteiger partial charge in [0.25, 0.3) is 0 Å². The van der Waals surface area contributed by atoms with Crippen molar-refractivity contribution in [1.29, 1.82) is 0 Å². The summed E-state index contributed by atoms with van der Waals surface area (Å²) in [5.41, 5.74) is -0.567. The quantitative estimate of drug-likeness (QED) is 0.258. The molecule has 0 spiro atoms. The summed E-state index contributed by atoms with van der Waals surface area (Å²) in [5.74, 6) is 2.39. The lowest BCUT2D eigenvalue weighted by molar-refractivity contribution is -0.159. The van der Waals surface area contributed by atoms with Crippen LogP contribution in [0.2, 0.25) is 0 Å². The lowest BCUT2D eigenvalue weighted by atomic mass is 9.86. The van der Waals surface area contributed by atoms with E-state index in [1.165, 1.54) is 6.92 Å². The van der Waals surface area contributed by atoms with Crippen molar-refractivity contribution in [3.05, 3.63) is 83.9 Å². The van der Waals surface area contributed by atoms with E-state index < -0.39 is 41.7 Å². The maximum atomic E-state index is 13.2. The third kappa shape index (κ3) is 6.53. The van der Waals surface area contributed by atoms with E-state index in [4.69, 9.17) is 15.5 Å². The van der Waals surface area contributed by atoms with E-state index in [1.807, 2.05) is 42.5 Å². The van der Waals surface area contributed by atoms with E-state index in [0.717, 1.165) is 16.3 Å². The Balaban J connectivity index is 1.70. The van der Waals surface area contributed by atoms with Crippen molar-refractivity contribution in [2.45, 2.75) is 44.4 Å². The second kappa shape index (κ2) is 12.1. The molecule has 0 aromatic heterocycles. The van der Waals surface area contributed by atoms with Gasteiger partial charge in [0.15, 0.2) is 11.6 Å². The Morgan fingerprint density at radius 1 is 0.972 bits per heavy atom. The summed E-state index contributed by atoms with van der Waals surface area (Å²) in [6, 6.07) is 20.6. The molecule has 0 saturated heterocycles. The van der Waals surface area contributed by atoms with E-state index in [-0.39, 0.29) is 13.0 Å². The molecule has 1 amide bonds. The van der Waals surface area contributed by atoms with Gasteiger partial charge < -0.3 is 15.2 Å². The van der Waals surface area contributed by atoms with E-state index in [1.54, 1.807) is 30.3 Å². The van der Waals surface area contributed by atoms with Crippen LogP contribution in [0.3, 0.4) is 0 Å². The molecule has 4 N–H and O–H groups in total. The summed E-state index contributed by atoms with van der Waals surface area (Å²) in [5, 5.41) is 13.5. The molecule has 3 rings (SSSR count). The van der Waals surface area contributed by atoms with Crippen molar-refractivity contribution in [3.63, 3.8) is 0 Å². The Kier molecular flexibility index (Phi) is 8.88. The first-order valence-electron chi connectivity index (χ1n) is 11.4. The van der Waals surface area contributed by atoms with Gasteiger partial charge in [0.05, 0.1) is 6.42 Å². The number of ketones is 2. The van der Waals surface area contributed by atoms with Crippen LogP contribution in [0.25, 0.3) is 10.8 Å². The van der Waals surface area contributed by atoms with Crippen LogP contribution in [-0.2, 0) is 37.0 Å². The number of ether oxygens (including phenoxy) is 1. The largest absolute Gasteiger partial charge is 0.481 e. The van der Waals surface area contributed by atoms with E-state index in [9.17, 15) is 24.3 Å². The lowest BCUT2D eigenvalue weighted by Gasteiger charge is -2.28. The van der Waals surface area contributed by atoms with E-state index in [2.05, 4.69) is 5.32 Å². The van der Waals surface area contributed by atoms with Gasteiger partial charge >= 0.3 is 12.1 Å². The average molecular weight is 493 g/mol. The molecule has 36 heavy (non-hydrogen) atoms. The summed E-state index contributed by atoms with van der Waals surface area (Å²) in [7, 11) is 0. The van der Waals surface area contributed by atoms with Crippen molar-refractivity contribution in [3.8, 4) is 0 Å². The number of carbonyl (C=O) groups excluding carboxylic acids is 3. The molecule has 188 valence electrons. The second-order valence-corrected chi connectivity index (χ2v) is 8.43. The molecule has 3 aromatic carbocycles. The molecule has 0 aliphatic carbocycles. The van der Waals surface area contributed by atoms with Gasteiger partial charge in [0, 0.05) is 6.42 Å². The van der Waals surface area contributed by atoms with Crippen LogP contribution in [0.5, 0.6) is 0 Å². The number of fused-ring (bicyclic) bond motifs is 1. The minimum Gasteiger partial charge on any atom is -0.481 e. The number of hydrogen-bond acceptors (Lipinski definition) is 7. The van der Waals surface area contributed by atoms with Crippen LogP contribution < -0.4 is 11.2 Å². The molecular formula is C27H28N2O7. The van der Waals surface area contributed by atoms with Gasteiger partial charge in [0.1, 0.15) is 12.6 Å². The van der Waals surface area contributed by atoms with Crippen LogP contribution in [0.4, 0.5) is 4.79 Å². The molecule has 2 atom stereocenters. The number of carboxylic acid groups (broad SMARTS) is 1. The number of rotatable bonds is 12. The van der Waals surface area contributed by atoms with Crippen molar-refractivity contribution in [1.82, 2.24) is 5.32 Å². The third-order valence-electron chi connectivity index (χ3n) is 5.94. The number of aliphatic carboxylic acids is 1. The highest BCUT2D eigenvalue weighted by Gasteiger charge is 2.46. The maximum Gasteiger partial charge on any atom is 0.408 e. The molecule has 0 fully saturated rings. The topological polar surface area (TPSA) is 145 Å². The van der Waals surface area contributed by atoms with Crippen molar-refractivity contribution in [2.75, 3.05) is 0 Å². The van der Waals surface area contributed by atoms with E-state index in [0.29, 0.717) is 12.0 Å². The molecule has 0 radical (unpaired) electrons. The Morgan fingerprint density at radius 2 is 1.64 bits per heavy atom. The normalized spacial score (nSPS) is 13.4. The molecule has 0 aliphatic rings. The second-order valence-electron chi connectivity index (χ2n) is 8.43. The van der Waals surface area contributed by atoms with Gasteiger partial charge in [-0.3, -0.25) is 19.2 Å². The number of Topliss-reactive ketones (excluding diaryl/α,β-unsaturated/α-hetero) is 2. The number of hydrogen-bond donors (Lipinski definition) is 3. The highest BCUT2D eigenvalue weighted by molar-refractivity contribution is 6.13. The summed E-state index contributed by atoms with van der Waals surface area (Å²) in [6.07, 6.45) is -1.58. The fourth-order valence-electron chi connectivity index (χ4n) is 3.88. The standard InChI is InChI=1S/C27H28N2O7/c1-27(36-28,23(30)15-14-20-12-7-11-19-10-5-6-13-21(19)20)25(33)22(16-24(31)32)29-26(34)35-17-18-8-3-2-4-9-18/h2-13,22H,14-17,28H2,1H3,(H,29,34)(H,31,32). The van der Waals surface area contributed by atoms with Gasteiger partial charge in [-0.15, -0.1) is 0 Å². The fraction of sp³-hybridized carbons (Fsp3) is 0.259. The van der Waals surface area contributed by atoms with Gasteiger partial charge in [-0.25, -0.2) is 10.7 Å². The first-order valence-corrected chi connectivity index (χ1v) is 11.4. The molecule has 9 heteroatoms. The monoisotopic (exact) mass is 492 g/mol. The average Bonchev–Trinajstić information content (AvgIpc) is 2.89. The van der Waals surface area contributed by atoms with Gasteiger partial charge in [-0.1, -0.05) is 72.8 Å². The van der Waals surface area contributed by atoms with E-state index >= 15 is 0 Å². The Morgan fingerprint density at radius 3 is 2.33 bits per heavy atom. The number of amides is 1. The number of carbonyl (C=O) groups is 4. The lowest BCUT2D eigenvalue weighted by Crippen LogP contribution is -2.57. The number of carboxylic acids is 1. The molecule has 0 heterocycles. The Hall–Kier alpha value is -4.08. The summed E-state index contributed by atoms with van der Waals surface area (Å²) < 4.78 is 5.09. The first kappa shape index (κ1) is 26.5. The van der Waals surface area contributed by atoms with Crippen molar-refractivity contribution >= 4 is 34.4 Å². The summed E-state index contributed by atoms with van der Waals surface area (Å²) in [6.45, 7) is 1.09. The van der Waals surface area contributed by atoms with Gasteiger partial charge in [-0.2, -0.15) is 0 Å². The number of nitrogens with two attached hydrogens (primary N) is 1. The summed E-state index contributed by atoms with van der Waals surface area (Å²) in [4.78, 5) is 54.9. The van der Waals surface area contributed by atoms with Crippen LogP contribution in [0, 0.1) is 0 Å². The predicted molar refractivity (Wildman–Crippen MR) is 132 cm³/mol. The minimum absolute atomic E-state index is 0.0880. The number of alkyl carbamates (subject to hydrolysis) is 1. The highest BCUT2D eigenvalue weighted by Crippen LogP contribution is 2.23. The zero-order valence-corrected chi connectivity index (χ0v) is 19.8. The molecule has 0 saturated carbocycles. The SMILES string of the molecule is CC(ON)(C(=O)CCc1cccc2ccccc12)C(=O)C(CC(=O)O)NC(=O)OCc1ccccc1. The molecule has 2 unspecified atom stereocenters. The van der Waals surface area contributed by atoms with Gasteiger partial charge in [0.2, 0.25) is 5.60 Å². The highest BCUT2D eigenvalue weighted by atomic mass is 16.6. The maximum absolute atomic E-state index is 13.2. The first-order chi connectivity index (χ1) is 17.2. The third-order valence-corrected chi connectivity index (χ3v) is 5.94. The Bertz CT molecular complexity index is 1240. The number of benzene rings is 3. The zero-order chi connectivity index (χ0) is 26.1. The molecule has 3 aromatic rings. The zero-order valence-electron chi connectivity index (χ0n) is 19.8. The molecular weight excluding hydrogens is 464 g/mol.